The Labute approximate surface area is 114 Å². The molecule has 1 heterocycles. The molecule has 1 aromatic rings. The summed E-state index contributed by atoms with van der Waals surface area (Å²) < 4.78 is 6.00. The molecule has 0 amide bonds. The monoisotopic (exact) mass is 261 g/mol. The first-order chi connectivity index (χ1) is 9.24. The molecule has 3 nitrogen and oxygen atoms in total. The Bertz CT molecular complexity index is 413. The van der Waals surface area contributed by atoms with E-state index in [2.05, 4.69) is 12.1 Å². The molecule has 19 heavy (non-hydrogen) atoms. The van der Waals surface area contributed by atoms with Crippen molar-refractivity contribution in [1.29, 1.82) is 0 Å². The molecule has 3 heteroatoms. The van der Waals surface area contributed by atoms with Crippen LogP contribution >= 0.6 is 0 Å². The Balaban J connectivity index is 1.66. The minimum Gasteiger partial charge on any atom is -0.490 e. The quantitative estimate of drug-likeness (QED) is 0.824. The normalized spacial score (nSPS) is 24.6. The van der Waals surface area contributed by atoms with Crippen LogP contribution < -0.4 is 10.5 Å². The van der Waals surface area contributed by atoms with Gasteiger partial charge >= 0.3 is 0 Å². The second kappa shape index (κ2) is 5.14. The van der Waals surface area contributed by atoms with E-state index in [0.29, 0.717) is 6.54 Å². The van der Waals surface area contributed by atoms with Gasteiger partial charge in [0.2, 0.25) is 0 Å². The third-order valence-corrected chi connectivity index (χ3v) is 4.56. The molecule has 0 radical (unpaired) electrons. The lowest BCUT2D eigenvalue weighted by atomic mass is 9.77. The molecule has 3 rings (SSSR count). The van der Waals surface area contributed by atoms with Crippen LogP contribution in [0.4, 0.5) is 0 Å². The summed E-state index contributed by atoms with van der Waals surface area (Å²) in [7, 11) is 0. The summed E-state index contributed by atoms with van der Waals surface area (Å²) in [5.41, 5.74) is 7.10. The van der Waals surface area contributed by atoms with Gasteiger partial charge in [-0.2, -0.15) is 0 Å². The van der Waals surface area contributed by atoms with Gasteiger partial charge in [0.1, 0.15) is 11.9 Å². The lowest BCUT2D eigenvalue weighted by Crippen LogP contribution is -2.39. The van der Waals surface area contributed by atoms with Crippen molar-refractivity contribution in [3.05, 3.63) is 29.8 Å². The average molecular weight is 261 g/mol. The smallest absolute Gasteiger partial charge is 0.123 e. The molecule has 104 valence electrons. The van der Waals surface area contributed by atoms with E-state index in [0.717, 1.165) is 30.9 Å². The molecule has 1 fully saturated rings. The fourth-order valence-electron chi connectivity index (χ4n) is 3.23. The van der Waals surface area contributed by atoms with Gasteiger partial charge in [0.25, 0.3) is 0 Å². The van der Waals surface area contributed by atoms with Gasteiger partial charge in [-0.1, -0.05) is 31.0 Å². The van der Waals surface area contributed by atoms with Crippen molar-refractivity contribution in [2.75, 3.05) is 13.2 Å². The lowest BCUT2D eigenvalue weighted by Gasteiger charge is -2.32. The Morgan fingerprint density at radius 1 is 1.26 bits per heavy atom. The number of nitrogens with two attached hydrogens (primary N) is 1. The van der Waals surface area contributed by atoms with Crippen LogP contribution in [0.15, 0.2) is 24.3 Å². The van der Waals surface area contributed by atoms with Gasteiger partial charge in [-0.3, -0.25) is 0 Å². The van der Waals surface area contributed by atoms with E-state index in [1.807, 2.05) is 12.1 Å². The molecule has 0 saturated heterocycles. The van der Waals surface area contributed by atoms with Gasteiger partial charge in [0, 0.05) is 18.4 Å². The number of hydrogen-bond donors (Lipinski definition) is 2. The summed E-state index contributed by atoms with van der Waals surface area (Å²) in [6, 6.07) is 8.21. The molecule has 2 atom stereocenters. The van der Waals surface area contributed by atoms with E-state index in [4.69, 9.17) is 10.5 Å². The number of rotatable bonds is 6. The maximum atomic E-state index is 9.79. The fraction of sp³-hybridized carbons (Fsp3) is 0.625. The van der Waals surface area contributed by atoms with Gasteiger partial charge < -0.3 is 15.6 Å². The Morgan fingerprint density at radius 2 is 2.05 bits per heavy atom. The second-order valence-electron chi connectivity index (χ2n) is 6.27. The van der Waals surface area contributed by atoms with Crippen LogP contribution in [0.1, 0.15) is 31.2 Å². The molecule has 0 bridgehead atoms. The van der Waals surface area contributed by atoms with Crippen molar-refractivity contribution in [2.45, 2.75) is 38.2 Å². The topological polar surface area (TPSA) is 55.5 Å². The predicted octanol–water partition coefficient (Wildman–Crippen LogP) is 2.12. The maximum absolute atomic E-state index is 9.79. The Kier molecular flexibility index (Phi) is 3.50. The van der Waals surface area contributed by atoms with E-state index >= 15 is 0 Å². The first-order valence-electron chi connectivity index (χ1n) is 7.30. The molecule has 1 aromatic carbocycles. The molecular weight excluding hydrogens is 238 g/mol. The molecule has 1 aliphatic heterocycles. The average Bonchev–Trinajstić information content (AvgIpc) is 3.15. The zero-order valence-electron chi connectivity index (χ0n) is 11.3. The zero-order chi connectivity index (χ0) is 13.3. The highest BCUT2D eigenvalue weighted by Gasteiger charge is 2.39. The number of fused-ring (bicyclic) bond motifs is 1. The van der Waals surface area contributed by atoms with Gasteiger partial charge in [-0.25, -0.2) is 0 Å². The number of hydrogen-bond acceptors (Lipinski definition) is 3. The summed E-state index contributed by atoms with van der Waals surface area (Å²) in [5.74, 6) is 1.78. The van der Waals surface area contributed by atoms with Crippen LogP contribution in [0.5, 0.6) is 5.75 Å². The molecule has 1 aliphatic carbocycles. The molecular formula is C16H23NO2. The van der Waals surface area contributed by atoms with Crippen LogP contribution in [0.25, 0.3) is 0 Å². The maximum Gasteiger partial charge on any atom is 0.123 e. The van der Waals surface area contributed by atoms with Crippen molar-refractivity contribution in [2.24, 2.45) is 17.1 Å². The van der Waals surface area contributed by atoms with Crippen LogP contribution in [0.2, 0.25) is 0 Å². The molecule has 0 aromatic heterocycles. The SMILES string of the molecule is NCC(CO)(CC1CC1)CC1Cc2ccccc2O1. The van der Waals surface area contributed by atoms with Crippen molar-refractivity contribution >= 4 is 0 Å². The standard InChI is InChI=1S/C16H23NO2/c17-10-16(11-18,8-12-5-6-12)9-14-7-13-3-1-2-4-15(13)19-14/h1-4,12,14,18H,5-11,17H2. The lowest BCUT2D eigenvalue weighted by molar-refractivity contribution is 0.0628. The molecule has 2 aliphatic rings. The van der Waals surface area contributed by atoms with E-state index in [1.54, 1.807) is 0 Å². The summed E-state index contributed by atoms with van der Waals surface area (Å²) >= 11 is 0. The van der Waals surface area contributed by atoms with Crippen LogP contribution in [0, 0.1) is 11.3 Å². The van der Waals surface area contributed by atoms with Crippen LogP contribution in [-0.4, -0.2) is 24.4 Å². The Morgan fingerprint density at radius 3 is 2.68 bits per heavy atom. The van der Waals surface area contributed by atoms with E-state index in [9.17, 15) is 5.11 Å². The highest BCUT2D eigenvalue weighted by molar-refractivity contribution is 5.37. The fourth-order valence-corrected chi connectivity index (χ4v) is 3.23. The largest absolute Gasteiger partial charge is 0.490 e. The van der Waals surface area contributed by atoms with E-state index < -0.39 is 0 Å². The van der Waals surface area contributed by atoms with Crippen LogP contribution in [-0.2, 0) is 6.42 Å². The minimum absolute atomic E-state index is 0.145. The third kappa shape index (κ3) is 2.77. The highest BCUT2D eigenvalue weighted by atomic mass is 16.5. The molecule has 2 unspecified atom stereocenters. The Hall–Kier alpha value is -1.06. The predicted molar refractivity (Wildman–Crippen MR) is 75.1 cm³/mol. The summed E-state index contributed by atoms with van der Waals surface area (Å²) in [4.78, 5) is 0. The third-order valence-electron chi connectivity index (χ3n) is 4.56. The number of aliphatic hydroxyl groups is 1. The first kappa shape index (κ1) is 12.9. The van der Waals surface area contributed by atoms with Crippen molar-refractivity contribution in [1.82, 2.24) is 0 Å². The van der Waals surface area contributed by atoms with Gasteiger partial charge in [-0.05, 0) is 30.4 Å². The van der Waals surface area contributed by atoms with E-state index in [-0.39, 0.29) is 18.1 Å². The molecule has 1 saturated carbocycles. The van der Waals surface area contributed by atoms with Crippen molar-refractivity contribution in [3.63, 3.8) is 0 Å². The van der Waals surface area contributed by atoms with Crippen molar-refractivity contribution in [3.8, 4) is 5.75 Å². The molecule has 3 N–H and O–H groups in total. The van der Waals surface area contributed by atoms with Gasteiger partial charge in [-0.15, -0.1) is 0 Å². The van der Waals surface area contributed by atoms with E-state index in [1.165, 1.54) is 18.4 Å². The highest BCUT2D eigenvalue weighted by Crippen LogP contribution is 2.43. The van der Waals surface area contributed by atoms with Gasteiger partial charge in [0.15, 0.2) is 0 Å². The number of para-hydroxylation sites is 1. The summed E-state index contributed by atoms with van der Waals surface area (Å²) in [5, 5.41) is 9.79. The first-order valence-corrected chi connectivity index (χ1v) is 7.30. The van der Waals surface area contributed by atoms with Crippen molar-refractivity contribution < 1.29 is 9.84 Å². The number of aliphatic hydroxyl groups excluding tert-OH is 1. The second-order valence-corrected chi connectivity index (χ2v) is 6.27. The number of benzene rings is 1. The zero-order valence-corrected chi connectivity index (χ0v) is 11.3. The summed E-state index contributed by atoms with van der Waals surface area (Å²) in [6.45, 7) is 0.729. The minimum atomic E-state index is -0.145. The van der Waals surface area contributed by atoms with Crippen LogP contribution in [0.3, 0.4) is 0 Å². The summed E-state index contributed by atoms with van der Waals surface area (Å²) in [6.07, 6.45) is 5.64. The van der Waals surface area contributed by atoms with Gasteiger partial charge in [0.05, 0.1) is 6.61 Å². The molecule has 0 spiro atoms. The number of ether oxygens (including phenoxy) is 1.